The lowest BCUT2D eigenvalue weighted by molar-refractivity contribution is 0.217. The summed E-state index contributed by atoms with van der Waals surface area (Å²) in [5, 5.41) is 3.72. The number of imidazole rings is 1. The summed E-state index contributed by atoms with van der Waals surface area (Å²) in [5.74, 6) is 0.977. The fourth-order valence-electron chi connectivity index (χ4n) is 3.19. The maximum Gasteiger partial charge on any atom is 0.104 e. The highest BCUT2D eigenvalue weighted by molar-refractivity contribution is 5.79. The normalized spacial score (nSPS) is 22.6. The molecule has 1 heterocycles. The molecule has 3 heteroatoms. The minimum absolute atomic E-state index is 0.386. The van der Waals surface area contributed by atoms with Gasteiger partial charge in [-0.25, -0.2) is 4.98 Å². The summed E-state index contributed by atoms with van der Waals surface area (Å²) in [6, 6.07) is 6.99. The number of nitrogens with zero attached hydrogens (tertiary/aromatic N) is 1. The van der Waals surface area contributed by atoms with Crippen molar-refractivity contribution in [2.24, 2.45) is 5.41 Å². The third-order valence-corrected chi connectivity index (χ3v) is 4.45. The molecule has 2 aromatic rings. The first kappa shape index (κ1) is 12.5. The van der Waals surface area contributed by atoms with Crippen LogP contribution in [0.5, 0.6) is 0 Å². The molecule has 1 aromatic carbocycles. The third kappa shape index (κ3) is 2.46. The average molecular weight is 257 g/mol. The Morgan fingerprint density at radius 2 is 2.16 bits per heavy atom. The molecule has 1 aromatic heterocycles. The van der Waals surface area contributed by atoms with Crippen LogP contribution in [0.3, 0.4) is 0 Å². The van der Waals surface area contributed by atoms with E-state index in [2.05, 4.69) is 47.3 Å². The molecule has 102 valence electrons. The first-order valence-corrected chi connectivity index (χ1v) is 7.27. The molecule has 1 fully saturated rings. The number of hydrogen-bond acceptors (Lipinski definition) is 2. The van der Waals surface area contributed by atoms with Crippen molar-refractivity contribution in [1.82, 2.24) is 9.97 Å². The first-order valence-electron chi connectivity index (χ1n) is 7.27. The molecule has 3 rings (SSSR count). The number of H-pyrrole nitrogens is 1. The zero-order valence-electron chi connectivity index (χ0n) is 12.1. The summed E-state index contributed by atoms with van der Waals surface area (Å²) in [6.45, 7) is 6.75. The van der Waals surface area contributed by atoms with Gasteiger partial charge in [0.1, 0.15) is 5.82 Å². The smallest absolute Gasteiger partial charge is 0.104 e. The molecule has 0 radical (unpaired) electrons. The Bertz CT molecular complexity index is 583. The molecular formula is C16H23N3. The van der Waals surface area contributed by atoms with E-state index in [9.17, 15) is 0 Å². The van der Waals surface area contributed by atoms with E-state index in [4.69, 9.17) is 0 Å². The molecule has 0 amide bonds. The Kier molecular flexibility index (Phi) is 3.00. The van der Waals surface area contributed by atoms with Crippen molar-refractivity contribution in [3.63, 3.8) is 0 Å². The molecule has 1 aliphatic rings. The summed E-state index contributed by atoms with van der Waals surface area (Å²) in [6.07, 6.45) is 5.29. The van der Waals surface area contributed by atoms with Crippen LogP contribution in [0.25, 0.3) is 11.0 Å². The summed E-state index contributed by atoms with van der Waals surface area (Å²) in [7, 11) is 0. The topological polar surface area (TPSA) is 40.7 Å². The van der Waals surface area contributed by atoms with Crippen molar-refractivity contribution in [1.29, 1.82) is 0 Å². The van der Waals surface area contributed by atoms with Crippen LogP contribution in [0.1, 0.15) is 45.4 Å². The molecule has 1 unspecified atom stereocenters. The molecule has 19 heavy (non-hydrogen) atoms. The summed E-state index contributed by atoms with van der Waals surface area (Å²) in [5.41, 5.74) is 3.76. The first-order chi connectivity index (χ1) is 9.04. The van der Waals surface area contributed by atoms with E-state index in [-0.39, 0.29) is 0 Å². The number of rotatable bonds is 2. The highest BCUT2D eigenvalue weighted by Crippen LogP contribution is 2.37. The standard InChI is InChI=1S/C16H23N3/c1-11-17-13-8-7-12(10-14(13)18-11)19-15-6-4-5-9-16(15,2)3/h7-8,10,15,19H,4-6,9H2,1-3H3,(H,17,18). The highest BCUT2D eigenvalue weighted by Gasteiger charge is 2.31. The monoisotopic (exact) mass is 257 g/mol. The maximum atomic E-state index is 4.45. The quantitative estimate of drug-likeness (QED) is 0.844. The van der Waals surface area contributed by atoms with Gasteiger partial charge in [-0.3, -0.25) is 0 Å². The molecular weight excluding hydrogens is 234 g/mol. The van der Waals surface area contributed by atoms with Gasteiger partial charge >= 0.3 is 0 Å². The van der Waals surface area contributed by atoms with E-state index in [1.807, 2.05) is 6.92 Å². The Hall–Kier alpha value is -1.51. The van der Waals surface area contributed by atoms with Crippen LogP contribution in [0.4, 0.5) is 5.69 Å². The number of aromatic nitrogens is 2. The van der Waals surface area contributed by atoms with Crippen LogP contribution in [0.2, 0.25) is 0 Å². The predicted molar refractivity (Wildman–Crippen MR) is 80.5 cm³/mol. The Morgan fingerprint density at radius 1 is 1.32 bits per heavy atom. The van der Waals surface area contributed by atoms with E-state index in [0.29, 0.717) is 11.5 Å². The van der Waals surface area contributed by atoms with Crippen molar-refractivity contribution < 1.29 is 0 Å². The van der Waals surface area contributed by atoms with Crippen LogP contribution in [0, 0.1) is 12.3 Å². The van der Waals surface area contributed by atoms with E-state index in [1.165, 1.54) is 31.4 Å². The minimum Gasteiger partial charge on any atom is -0.382 e. The lowest BCUT2D eigenvalue weighted by Crippen LogP contribution is -2.38. The predicted octanol–water partition coefficient (Wildman–Crippen LogP) is 4.25. The minimum atomic E-state index is 0.386. The third-order valence-electron chi connectivity index (χ3n) is 4.45. The van der Waals surface area contributed by atoms with E-state index >= 15 is 0 Å². The molecule has 3 nitrogen and oxygen atoms in total. The Balaban J connectivity index is 1.84. The van der Waals surface area contributed by atoms with Gasteiger partial charge in [-0.1, -0.05) is 26.7 Å². The number of aromatic amines is 1. The number of nitrogens with one attached hydrogen (secondary N) is 2. The molecule has 0 saturated heterocycles. The van der Waals surface area contributed by atoms with Gasteiger partial charge in [0.05, 0.1) is 11.0 Å². The van der Waals surface area contributed by atoms with Crippen molar-refractivity contribution in [3.05, 3.63) is 24.0 Å². The number of hydrogen-bond donors (Lipinski definition) is 2. The zero-order chi connectivity index (χ0) is 13.5. The van der Waals surface area contributed by atoms with Crippen LogP contribution < -0.4 is 5.32 Å². The Labute approximate surface area is 114 Å². The van der Waals surface area contributed by atoms with Gasteiger partial charge in [-0.15, -0.1) is 0 Å². The van der Waals surface area contributed by atoms with E-state index < -0.39 is 0 Å². The summed E-state index contributed by atoms with van der Waals surface area (Å²) in [4.78, 5) is 7.75. The van der Waals surface area contributed by atoms with Crippen molar-refractivity contribution >= 4 is 16.7 Å². The Morgan fingerprint density at radius 3 is 2.95 bits per heavy atom. The lowest BCUT2D eigenvalue weighted by Gasteiger charge is -2.39. The molecule has 2 N–H and O–H groups in total. The number of fused-ring (bicyclic) bond motifs is 1. The van der Waals surface area contributed by atoms with Gasteiger partial charge in [0, 0.05) is 11.7 Å². The van der Waals surface area contributed by atoms with Gasteiger partial charge in [-0.2, -0.15) is 0 Å². The molecule has 1 aliphatic carbocycles. The van der Waals surface area contributed by atoms with Crippen molar-refractivity contribution in [2.75, 3.05) is 5.32 Å². The zero-order valence-corrected chi connectivity index (χ0v) is 12.1. The molecule has 0 spiro atoms. The SMILES string of the molecule is Cc1nc2ccc(NC3CCCCC3(C)C)cc2[nH]1. The van der Waals surface area contributed by atoms with Gasteiger partial charge in [0.25, 0.3) is 0 Å². The summed E-state index contributed by atoms with van der Waals surface area (Å²) < 4.78 is 0. The molecule has 1 saturated carbocycles. The second kappa shape index (κ2) is 4.55. The number of anilines is 1. The molecule has 0 bridgehead atoms. The second-order valence-electron chi connectivity index (χ2n) is 6.49. The number of aryl methyl sites for hydroxylation is 1. The largest absolute Gasteiger partial charge is 0.382 e. The van der Waals surface area contributed by atoms with Crippen LogP contribution in [-0.4, -0.2) is 16.0 Å². The van der Waals surface area contributed by atoms with Crippen molar-refractivity contribution in [3.8, 4) is 0 Å². The molecule has 1 atom stereocenters. The van der Waals surface area contributed by atoms with Crippen LogP contribution >= 0.6 is 0 Å². The summed E-state index contributed by atoms with van der Waals surface area (Å²) >= 11 is 0. The van der Waals surface area contributed by atoms with Crippen molar-refractivity contribution in [2.45, 2.75) is 52.5 Å². The van der Waals surface area contributed by atoms with E-state index in [1.54, 1.807) is 0 Å². The van der Waals surface area contributed by atoms with Gasteiger partial charge < -0.3 is 10.3 Å². The highest BCUT2D eigenvalue weighted by atomic mass is 15.0. The van der Waals surface area contributed by atoms with Gasteiger partial charge in [0.15, 0.2) is 0 Å². The van der Waals surface area contributed by atoms with Gasteiger partial charge in [-0.05, 0) is 43.4 Å². The average Bonchev–Trinajstić information content (AvgIpc) is 2.71. The molecule has 0 aliphatic heterocycles. The second-order valence-corrected chi connectivity index (χ2v) is 6.49. The van der Waals surface area contributed by atoms with Crippen LogP contribution in [-0.2, 0) is 0 Å². The van der Waals surface area contributed by atoms with Gasteiger partial charge in [0.2, 0.25) is 0 Å². The fourth-order valence-corrected chi connectivity index (χ4v) is 3.19. The van der Waals surface area contributed by atoms with Crippen LogP contribution in [0.15, 0.2) is 18.2 Å². The maximum absolute atomic E-state index is 4.45. The number of benzene rings is 1. The van der Waals surface area contributed by atoms with E-state index in [0.717, 1.165) is 16.9 Å². The lowest BCUT2D eigenvalue weighted by atomic mass is 9.73. The fraction of sp³-hybridized carbons (Fsp3) is 0.562.